The van der Waals surface area contributed by atoms with Gasteiger partial charge in [-0.1, -0.05) is 102 Å². The van der Waals surface area contributed by atoms with E-state index in [2.05, 4.69) is 21.2 Å². The zero-order chi connectivity index (χ0) is 33.3. The number of halogens is 1. The third-order valence-electron chi connectivity index (χ3n) is 8.08. The molecule has 0 heterocycles. The standard InChI is InChI=1S/C37H42BrN3O4S/c1-5-6-22-39-37(43)35(24-30-13-8-7-9-14-30)40(25-31-15-11-16-32(38)23-31)36(42)26-41(34-17-10-12-28(3)29(34)4)46(44,45)33-20-18-27(2)19-21-33/h7-21,23,35H,5-6,22,24-26H2,1-4H3,(H,39,43). The molecule has 2 amide bonds. The van der Waals surface area contributed by atoms with E-state index in [1.807, 2.05) is 88.4 Å². The number of nitrogens with one attached hydrogen (secondary N) is 1. The summed E-state index contributed by atoms with van der Waals surface area (Å²) in [5.74, 6) is -0.761. The fourth-order valence-corrected chi connectivity index (χ4v) is 7.17. The van der Waals surface area contributed by atoms with Crippen LogP contribution in [0.2, 0.25) is 0 Å². The normalized spacial score (nSPS) is 11.9. The van der Waals surface area contributed by atoms with Crippen molar-refractivity contribution in [2.45, 2.75) is 64.4 Å². The Morgan fingerprint density at radius 2 is 1.52 bits per heavy atom. The topological polar surface area (TPSA) is 86.8 Å². The van der Waals surface area contributed by atoms with E-state index in [4.69, 9.17) is 0 Å². The fourth-order valence-electron chi connectivity index (χ4n) is 5.25. The summed E-state index contributed by atoms with van der Waals surface area (Å²) in [5, 5.41) is 3.03. The predicted molar refractivity (Wildman–Crippen MR) is 188 cm³/mol. The van der Waals surface area contributed by atoms with Crippen molar-refractivity contribution >= 4 is 43.5 Å². The minimum atomic E-state index is -4.16. The minimum absolute atomic E-state index is 0.0866. The second-order valence-electron chi connectivity index (χ2n) is 11.5. The molecule has 0 fully saturated rings. The molecular formula is C37H42BrN3O4S. The first-order chi connectivity index (χ1) is 22.0. The number of rotatable bonds is 14. The highest BCUT2D eigenvalue weighted by molar-refractivity contribution is 9.10. The van der Waals surface area contributed by atoms with Gasteiger partial charge in [-0.3, -0.25) is 13.9 Å². The van der Waals surface area contributed by atoms with Crippen LogP contribution in [0, 0.1) is 20.8 Å². The Balaban J connectivity index is 1.82. The number of benzene rings is 4. The third kappa shape index (κ3) is 8.85. The molecule has 4 aromatic carbocycles. The van der Waals surface area contributed by atoms with Crippen molar-refractivity contribution < 1.29 is 18.0 Å². The number of hydrogen-bond acceptors (Lipinski definition) is 4. The zero-order valence-corrected chi connectivity index (χ0v) is 29.3. The average molecular weight is 705 g/mol. The van der Waals surface area contributed by atoms with Crippen LogP contribution in [0.3, 0.4) is 0 Å². The van der Waals surface area contributed by atoms with E-state index in [9.17, 15) is 18.0 Å². The van der Waals surface area contributed by atoms with E-state index in [1.165, 1.54) is 9.21 Å². The van der Waals surface area contributed by atoms with Crippen molar-refractivity contribution in [3.63, 3.8) is 0 Å². The highest BCUT2D eigenvalue weighted by Crippen LogP contribution is 2.29. The maximum absolute atomic E-state index is 14.6. The maximum Gasteiger partial charge on any atom is 0.264 e. The third-order valence-corrected chi connectivity index (χ3v) is 10.3. The van der Waals surface area contributed by atoms with Crippen LogP contribution in [0.4, 0.5) is 5.69 Å². The van der Waals surface area contributed by atoms with Crippen molar-refractivity contribution in [2.75, 3.05) is 17.4 Å². The van der Waals surface area contributed by atoms with Crippen LogP contribution in [0.1, 0.15) is 47.6 Å². The maximum atomic E-state index is 14.6. The molecule has 0 aliphatic rings. The summed E-state index contributed by atoms with van der Waals surface area (Å²) in [6.07, 6.45) is 1.98. The van der Waals surface area contributed by atoms with Gasteiger partial charge >= 0.3 is 0 Å². The van der Waals surface area contributed by atoms with Gasteiger partial charge < -0.3 is 10.2 Å². The molecule has 1 atom stereocenters. The Kier molecular flexibility index (Phi) is 12.2. The quantitative estimate of drug-likeness (QED) is 0.142. The molecule has 4 rings (SSSR count). The molecule has 0 aliphatic carbocycles. The lowest BCUT2D eigenvalue weighted by Crippen LogP contribution is -2.53. The van der Waals surface area contributed by atoms with E-state index < -0.39 is 28.5 Å². The molecule has 0 aliphatic heterocycles. The number of nitrogens with zero attached hydrogens (tertiary/aromatic N) is 2. The first-order valence-corrected chi connectivity index (χ1v) is 17.8. The molecule has 0 spiro atoms. The van der Waals surface area contributed by atoms with Gasteiger partial charge in [0.05, 0.1) is 10.6 Å². The number of aryl methyl sites for hydroxylation is 2. The second-order valence-corrected chi connectivity index (χ2v) is 14.3. The molecule has 9 heteroatoms. The first-order valence-electron chi connectivity index (χ1n) is 15.5. The van der Waals surface area contributed by atoms with Gasteiger partial charge in [0.15, 0.2) is 0 Å². The van der Waals surface area contributed by atoms with Crippen molar-refractivity contribution in [1.82, 2.24) is 10.2 Å². The van der Waals surface area contributed by atoms with Gasteiger partial charge in [0.1, 0.15) is 12.6 Å². The first kappa shape index (κ1) is 34.9. The van der Waals surface area contributed by atoms with Gasteiger partial charge in [0.25, 0.3) is 10.0 Å². The Hall–Kier alpha value is -3.95. The summed E-state index contributed by atoms with van der Waals surface area (Å²) in [4.78, 5) is 30.1. The molecule has 0 saturated carbocycles. The lowest BCUT2D eigenvalue weighted by atomic mass is 10.0. The molecule has 1 unspecified atom stereocenters. The van der Waals surface area contributed by atoms with E-state index in [0.717, 1.165) is 45.1 Å². The molecular weight excluding hydrogens is 662 g/mol. The molecule has 0 bridgehead atoms. The van der Waals surface area contributed by atoms with Gasteiger partial charge in [-0.25, -0.2) is 8.42 Å². The fraction of sp³-hybridized carbons (Fsp3) is 0.297. The monoisotopic (exact) mass is 703 g/mol. The SMILES string of the molecule is CCCCNC(=O)C(Cc1ccccc1)N(Cc1cccc(Br)c1)C(=O)CN(c1cccc(C)c1C)S(=O)(=O)c1ccc(C)cc1. The molecule has 4 aromatic rings. The van der Waals surface area contributed by atoms with Crippen LogP contribution in [-0.2, 0) is 32.6 Å². The van der Waals surface area contributed by atoms with Gasteiger partial charge in [0.2, 0.25) is 11.8 Å². The summed E-state index contributed by atoms with van der Waals surface area (Å²) < 4.78 is 30.6. The van der Waals surface area contributed by atoms with Crippen LogP contribution in [0.25, 0.3) is 0 Å². The second kappa shape index (κ2) is 16.1. The number of carbonyl (C=O) groups is 2. The molecule has 46 heavy (non-hydrogen) atoms. The molecule has 1 N–H and O–H groups in total. The van der Waals surface area contributed by atoms with E-state index in [1.54, 1.807) is 36.4 Å². The smallest absolute Gasteiger partial charge is 0.264 e. The Morgan fingerprint density at radius 1 is 0.848 bits per heavy atom. The molecule has 7 nitrogen and oxygen atoms in total. The van der Waals surface area contributed by atoms with Gasteiger partial charge in [-0.05, 0) is 79.8 Å². The van der Waals surface area contributed by atoms with E-state index in [-0.39, 0.29) is 23.8 Å². The van der Waals surface area contributed by atoms with Gasteiger partial charge in [-0.2, -0.15) is 0 Å². The lowest BCUT2D eigenvalue weighted by Gasteiger charge is -2.34. The van der Waals surface area contributed by atoms with Gasteiger partial charge in [0, 0.05) is 24.0 Å². The highest BCUT2D eigenvalue weighted by atomic mass is 79.9. The molecule has 242 valence electrons. The highest BCUT2D eigenvalue weighted by Gasteiger charge is 2.35. The Bertz CT molecular complexity index is 1740. The summed E-state index contributed by atoms with van der Waals surface area (Å²) in [6.45, 7) is 7.81. The Morgan fingerprint density at radius 3 is 2.20 bits per heavy atom. The van der Waals surface area contributed by atoms with Crippen LogP contribution >= 0.6 is 15.9 Å². The number of unbranched alkanes of at least 4 members (excludes halogenated alkanes) is 1. The van der Waals surface area contributed by atoms with Crippen LogP contribution in [0.5, 0.6) is 0 Å². The Labute approximate surface area is 281 Å². The van der Waals surface area contributed by atoms with Crippen LogP contribution in [-0.4, -0.2) is 44.3 Å². The largest absolute Gasteiger partial charge is 0.354 e. The van der Waals surface area contributed by atoms with Crippen LogP contribution in [0.15, 0.2) is 106 Å². The molecule has 0 aromatic heterocycles. The summed E-state index contributed by atoms with van der Waals surface area (Å²) in [7, 11) is -4.16. The minimum Gasteiger partial charge on any atom is -0.354 e. The number of sulfonamides is 1. The number of carbonyl (C=O) groups excluding carboxylic acids is 2. The molecule has 0 radical (unpaired) electrons. The number of anilines is 1. The van der Waals surface area contributed by atoms with E-state index >= 15 is 0 Å². The summed E-state index contributed by atoms with van der Waals surface area (Å²) in [5.41, 5.74) is 4.69. The summed E-state index contributed by atoms with van der Waals surface area (Å²) >= 11 is 3.52. The summed E-state index contributed by atoms with van der Waals surface area (Å²) in [6, 6.07) is 28.3. The van der Waals surface area contributed by atoms with Crippen molar-refractivity contribution in [3.8, 4) is 0 Å². The number of hydrogen-bond donors (Lipinski definition) is 1. The van der Waals surface area contributed by atoms with Crippen molar-refractivity contribution in [2.24, 2.45) is 0 Å². The van der Waals surface area contributed by atoms with Crippen molar-refractivity contribution in [1.29, 1.82) is 0 Å². The zero-order valence-electron chi connectivity index (χ0n) is 26.9. The average Bonchev–Trinajstić information content (AvgIpc) is 3.03. The van der Waals surface area contributed by atoms with Crippen LogP contribution < -0.4 is 9.62 Å². The predicted octanol–water partition coefficient (Wildman–Crippen LogP) is 7.13. The lowest BCUT2D eigenvalue weighted by molar-refractivity contribution is -0.140. The van der Waals surface area contributed by atoms with Gasteiger partial charge in [-0.15, -0.1) is 0 Å². The van der Waals surface area contributed by atoms with E-state index in [0.29, 0.717) is 12.2 Å². The number of amides is 2. The molecule has 0 saturated heterocycles. The van der Waals surface area contributed by atoms with Crippen molar-refractivity contribution in [3.05, 3.63) is 129 Å².